The van der Waals surface area contributed by atoms with Gasteiger partial charge in [-0.15, -0.1) is 10.2 Å². The SMILES string of the molecule is C=C(Cl)CSc1nnc(CNC(=O)c2ccc(N3CCCCC3)cc2)n1-c1ccc(OC)cc1. The van der Waals surface area contributed by atoms with E-state index in [4.69, 9.17) is 16.3 Å². The fourth-order valence-electron chi connectivity index (χ4n) is 3.88. The Bertz CT molecular complexity index is 1130. The highest BCUT2D eigenvalue weighted by Crippen LogP contribution is 2.26. The second-order valence-corrected chi connectivity index (χ2v) is 9.49. The lowest BCUT2D eigenvalue weighted by Gasteiger charge is -2.28. The molecule has 0 bridgehead atoms. The van der Waals surface area contributed by atoms with Crippen LogP contribution in [0, 0.1) is 0 Å². The summed E-state index contributed by atoms with van der Waals surface area (Å²) in [6.45, 7) is 6.12. The van der Waals surface area contributed by atoms with E-state index in [-0.39, 0.29) is 12.5 Å². The van der Waals surface area contributed by atoms with Gasteiger partial charge >= 0.3 is 0 Å². The van der Waals surface area contributed by atoms with Crippen LogP contribution in [0.3, 0.4) is 0 Å². The van der Waals surface area contributed by atoms with Gasteiger partial charge in [-0.3, -0.25) is 9.36 Å². The molecule has 7 nitrogen and oxygen atoms in total. The first-order valence-corrected chi connectivity index (χ1v) is 12.6. The van der Waals surface area contributed by atoms with E-state index in [2.05, 4.69) is 27.0 Å². The molecule has 0 unspecified atom stereocenters. The normalized spacial score (nSPS) is 13.5. The van der Waals surface area contributed by atoms with E-state index < -0.39 is 0 Å². The van der Waals surface area contributed by atoms with Crippen molar-refractivity contribution in [1.29, 1.82) is 0 Å². The number of halogens is 1. The third-order valence-electron chi connectivity index (χ3n) is 5.65. The number of carbonyl (C=O) groups excluding carboxylic acids is 1. The summed E-state index contributed by atoms with van der Waals surface area (Å²) in [5.41, 5.74) is 2.64. The number of nitrogens with zero attached hydrogens (tertiary/aromatic N) is 4. The van der Waals surface area contributed by atoms with Gasteiger partial charge in [0.05, 0.1) is 13.7 Å². The van der Waals surface area contributed by atoms with Crippen LogP contribution < -0.4 is 15.0 Å². The van der Waals surface area contributed by atoms with Gasteiger partial charge in [0.1, 0.15) is 5.75 Å². The van der Waals surface area contributed by atoms with E-state index in [9.17, 15) is 4.79 Å². The zero-order valence-electron chi connectivity index (χ0n) is 19.2. The molecule has 1 amide bonds. The molecule has 0 aliphatic carbocycles. The van der Waals surface area contributed by atoms with Crippen molar-refractivity contribution in [3.8, 4) is 11.4 Å². The highest BCUT2D eigenvalue weighted by atomic mass is 35.5. The first-order chi connectivity index (χ1) is 16.5. The van der Waals surface area contributed by atoms with Crippen molar-refractivity contribution in [2.24, 2.45) is 0 Å². The lowest BCUT2D eigenvalue weighted by molar-refractivity contribution is 0.0949. The second kappa shape index (κ2) is 11.4. The minimum atomic E-state index is -0.155. The van der Waals surface area contributed by atoms with Crippen LogP contribution in [0.2, 0.25) is 0 Å². The lowest BCUT2D eigenvalue weighted by Crippen LogP contribution is -2.29. The molecule has 1 aromatic heterocycles. The van der Waals surface area contributed by atoms with Crippen molar-refractivity contribution in [2.75, 3.05) is 30.9 Å². The predicted molar refractivity (Wildman–Crippen MR) is 137 cm³/mol. The number of anilines is 1. The maximum atomic E-state index is 12.8. The molecule has 1 aliphatic rings. The molecule has 1 saturated heterocycles. The number of rotatable bonds is 9. The van der Waals surface area contributed by atoms with Crippen molar-refractivity contribution in [3.63, 3.8) is 0 Å². The van der Waals surface area contributed by atoms with Crippen molar-refractivity contribution < 1.29 is 9.53 Å². The van der Waals surface area contributed by atoms with Crippen LogP contribution in [0.5, 0.6) is 5.75 Å². The molecule has 0 spiro atoms. The number of piperidine rings is 1. The zero-order valence-corrected chi connectivity index (χ0v) is 20.7. The van der Waals surface area contributed by atoms with Crippen molar-refractivity contribution in [3.05, 3.63) is 71.5 Å². The number of hydrogen-bond donors (Lipinski definition) is 1. The Kier molecular flexibility index (Phi) is 8.13. The third kappa shape index (κ3) is 5.93. The Morgan fingerprint density at radius 2 is 1.74 bits per heavy atom. The molecule has 34 heavy (non-hydrogen) atoms. The lowest BCUT2D eigenvalue weighted by atomic mass is 10.1. The van der Waals surface area contributed by atoms with Gasteiger partial charge in [0.15, 0.2) is 11.0 Å². The van der Waals surface area contributed by atoms with Gasteiger partial charge in [0.25, 0.3) is 5.91 Å². The highest BCUT2D eigenvalue weighted by Gasteiger charge is 2.17. The first-order valence-electron chi connectivity index (χ1n) is 11.2. The number of hydrogen-bond acceptors (Lipinski definition) is 6. The molecule has 178 valence electrons. The van der Waals surface area contributed by atoms with E-state index >= 15 is 0 Å². The van der Waals surface area contributed by atoms with Gasteiger partial charge in [-0.1, -0.05) is 29.9 Å². The number of methoxy groups -OCH3 is 1. The second-order valence-electron chi connectivity index (χ2n) is 8.02. The molecule has 3 aromatic rings. The number of benzene rings is 2. The maximum absolute atomic E-state index is 12.8. The summed E-state index contributed by atoms with van der Waals surface area (Å²) in [5, 5.41) is 12.8. The van der Waals surface area contributed by atoms with Crippen LogP contribution in [-0.4, -0.2) is 46.6 Å². The molecular formula is C25H28ClN5O2S. The zero-order chi connectivity index (χ0) is 23.9. The average Bonchev–Trinajstić information content (AvgIpc) is 3.29. The van der Waals surface area contributed by atoms with E-state index in [1.807, 2.05) is 53.1 Å². The molecule has 0 saturated carbocycles. The fourth-order valence-corrected chi connectivity index (χ4v) is 4.77. The van der Waals surface area contributed by atoms with Crippen LogP contribution in [0.1, 0.15) is 35.4 Å². The Hall–Kier alpha value is -2.97. The first kappa shape index (κ1) is 24.2. The van der Waals surface area contributed by atoms with Gasteiger partial charge in [-0.05, 0) is 67.8 Å². The number of ether oxygens (including phenoxy) is 1. The summed E-state index contributed by atoms with van der Waals surface area (Å²) < 4.78 is 7.17. The topological polar surface area (TPSA) is 72.3 Å². The summed E-state index contributed by atoms with van der Waals surface area (Å²) in [6, 6.07) is 15.4. The quantitative estimate of drug-likeness (QED) is 0.417. The summed E-state index contributed by atoms with van der Waals surface area (Å²) in [6.07, 6.45) is 3.73. The Balaban J connectivity index is 1.48. The molecular weight excluding hydrogens is 470 g/mol. The fraction of sp³-hybridized carbons (Fsp3) is 0.320. The molecule has 1 aliphatic heterocycles. The number of amides is 1. The van der Waals surface area contributed by atoms with Gasteiger partial charge in [-0.2, -0.15) is 0 Å². The number of aromatic nitrogens is 3. The third-order valence-corrected chi connectivity index (χ3v) is 6.95. The van der Waals surface area contributed by atoms with Crippen molar-refractivity contribution in [1.82, 2.24) is 20.1 Å². The minimum absolute atomic E-state index is 0.155. The molecule has 1 N–H and O–H groups in total. The summed E-state index contributed by atoms with van der Waals surface area (Å²) >= 11 is 7.39. The van der Waals surface area contributed by atoms with Crippen LogP contribution in [0.4, 0.5) is 5.69 Å². The minimum Gasteiger partial charge on any atom is -0.497 e. The number of thioether (sulfide) groups is 1. The van der Waals surface area contributed by atoms with Crippen LogP contribution in [-0.2, 0) is 6.54 Å². The van der Waals surface area contributed by atoms with Gasteiger partial charge < -0.3 is 15.0 Å². The van der Waals surface area contributed by atoms with E-state index in [1.165, 1.54) is 31.0 Å². The Labute approximate surface area is 209 Å². The van der Waals surface area contributed by atoms with Crippen molar-refractivity contribution >= 4 is 35.0 Å². The smallest absolute Gasteiger partial charge is 0.251 e. The molecule has 2 aromatic carbocycles. The van der Waals surface area contributed by atoms with E-state index in [0.29, 0.717) is 27.3 Å². The van der Waals surface area contributed by atoms with Gasteiger partial charge in [-0.25, -0.2) is 0 Å². The van der Waals surface area contributed by atoms with Crippen LogP contribution >= 0.6 is 23.4 Å². The van der Waals surface area contributed by atoms with Gasteiger partial charge in [0.2, 0.25) is 0 Å². The average molecular weight is 498 g/mol. The molecule has 0 atom stereocenters. The molecule has 9 heteroatoms. The maximum Gasteiger partial charge on any atom is 0.251 e. The number of carbonyl (C=O) groups is 1. The molecule has 2 heterocycles. The molecule has 1 fully saturated rings. The molecule has 4 rings (SSSR count). The highest BCUT2D eigenvalue weighted by molar-refractivity contribution is 7.99. The largest absolute Gasteiger partial charge is 0.497 e. The standard InChI is InChI=1S/C25H28ClN5O2S/c1-18(26)17-34-25-29-28-23(31(25)21-10-12-22(33-2)13-11-21)16-27-24(32)19-6-8-20(9-7-19)30-14-4-3-5-15-30/h6-13H,1,3-5,14-17H2,2H3,(H,27,32). The van der Waals surface area contributed by atoms with Crippen molar-refractivity contribution in [2.45, 2.75) is 31.0 Å². The Morgan fingerprint density at radius 3 is 2.38 bits per heavy atom. The van der Waals surface area contributed by atoms with E-state index in [0.717, 1.165) is 30.2 Å². The Morgan fingerprint density at radius 1 is 1.06 bits per heavy atom. The number of nitrogens with one attached hydrogen (secondary N) is 1. The van der Waals surface area contributed by atoms with Gasteiger partial charge in [0, 0.05) is 40.8 Å². The monoisotopic (exact) mass is 497 g/mol. The van der Waals surface area contributed by atoms with Crippen LogP contribution in [0.15, 0.2) is 65.3 Å². The summed E-state index contributed by atoms with van der Waals surface area (Å²) in [5.74, 6) is 1.72. The summed E-state index contributed by atoms with van der Waals surface area (Å²) in [4.78, 5) is 15.2. The molecule has 0 radical (unpaired) electrons. The van der Waals surface area contributed by atoms with Crippen LogP contribution in [0.25, 0.3) is 5.69 Å². The predicted octanol–water partition coefficient (Wildman–Crippen LogP) is 5.04. The van der Waals surface area contributed by atoms with E-state index in [1.54, 1.807) is 7.11 Å². The summed E-state index contributed by atoms with van der Waals surface area (Å²) in [7, 11) is 1.63.